The molecule has 0 spiro atoms. The van der Waals surface area contributed by atoms with Gasteiger partial charge in [-0.15, -0.1) is 0 Å². The van der Waals surface area contributed by atoms with Gasteiger partial charge in [0.2, 0.25) is 5.91 Å². The first-order valence-electron chi connectivity index (χ1n) is 6.57. The van der Waals surface area contributed by atoms with E-state index in [1.165, 1.54) is 24.3 Å². The van der Waals surface area contributed by atoms with E-state index in [4.69, 9.17) is 5.73 Å². The molecule has 7 nitrogen and oxygen atoms in total. The van der Waals surface area contributed by atoms with Crippen molar-refractivity contribution in [2.45, 2.75) is 18.9 Å². The number of nitrogens with zero attached hydrogens (tertiary/aromatic N) is 2. The van der Waals surface area contributed by atoms with Crippen molar-refractivity contribution >= 4 is 17.3 Å². The van der Waals surface area contributed by atoms with Crippen LogP contribution < -0.4 is 11.1 Å². The van der Waals surface area contributed by atoms with E-state index in [0.29, 0.717) is 12.2 Å². The molecule has 20 heavy (non-hydrogen) atoms. The van der Waals surface area contributed by atoms with E-state index in [9.17, 15) is 14.9 Å². The normalized spacial score (nSPS) is 19.6. The number of benzene rings is 1. The lowest BCUT2D eigenvalue weighted by molar-refractivity contribution is -0.384. The van der Waals surface area contributed by atoms with Crippen LogP contribution in [0.2, 0.25) is 0 Å². The number of non-ortho nitro benzene ring substituents is 1. The fourth-order valence-corrected chi connectivity index (χ4v) is 2.30. The van der Waals surface area contributed by atoms with Gasteiger partial charge in [-0.1, -0.05) is 0 Å². The van der Waals surface area contributed by atoms with Crippen LogP contribution in [0.25, 0.3) is 0 Å². The summed E-state index contributed by atoms with van der Waals surface area (Å²) in [6, 6.07) is 5.92. The van der Waals surface area contributed by atoms with Gasteiger partial charge in [0.1, 0.15) is 0 Å². The minimum Gasteiger partial charge on any atom is -0.327 e. The van der Waals surface area contributed by atoms with Crippen molar-refractivity contribution in [3.05, 3.63) is 34.4 Å². The Labute approximate surface area is 116 Å². The summed E-state index contributed by atoms with van der Waals surface area (Å²) in [5.74, 6) is -0.132. The number of hydrogen-bond donors (Lipinski definition) is 2. The Balaban J connectivity index is 1.86. The zero-order valence-corrected chi connectivity index (χ0v) is 11.1. The highest BCUT2D eigenvalue weighted by Crippen LogP contribution is 2.15. The molecule has 1 saturated heterocycles. The Bertz CT molecular complexity index is 489. The molecule has 7 heteroatoms. The third kappa shape index (κ3) is 4.01. The number of nitro benzene ring substituents is 1. The molecule has 1 fully saturated rings. The van der Waals surface area contributed by atoms with Crippen LogP contribution in [-0.2, 0) is 4.79 Å². The van der Waals surface area contributed by atoms with E-state index < -0.39 is 4.92 Å². The molecule has 0 bridgehead atoms. The summed E-state index contributed by atoms with van der Waals surface area (Å²) in [5, 5.41) is 13.3. The van der Waals surface area contributed by atoms with Gasteiger partial charge in [0.25, 0.3) is 5.69 Å². The number of nitrogens with two attached hydrogens (primary N) is 1. The van der Waals surface area contributed by atoms with Gasteiger partial charge in [-0.2, -0.15) is 0 Å². The van der Waals surface area contributed by atoms with Gasteiger partial charge >= 0.3 is 0 Å². The first kappa shape index (κ1) is 14.4. The maximum Gasteiger partial charge on any atom is 0.269 e. The fourth-order valence-electron chi connectivity index (χ4n) is 2.30. The standard InChI is InChI=1S/C13H18N4O3/c14-10-2-1-7-16(8-10)9-13(18)15-11-3-5-12(6-4-11)17(19)20/h3-6,10H,1-2,7-9,14H2,(H,15,18)/t10-/m1/s1. The molecule has 1 atom stereocenters. The van der Waals surface area contributed by atoms with Crippen molar-refractivity contribution in [3.8, 4) is 0 Å². The number of rotatable bonds is 4. The zero-order chi connectivity index (χ0) is 14.5. The number of carbonyl (C=O) groups is 1. The third-order valence-corrected chi connectivity index (χ3v) is 3.27. The molecule has 1 heterocycles. The molecule has 0 unspecified atom stereocenters. The maximum absolute atomic E-state index is 11.9. The average molecular weight is 278 g/mol. The van der Waals surface area contributed by atoms with Gasteiger partial charge < -0.3 is 11.1 Å². The molecular weight excluding hydrogens is 260 g/mol. The monoisotopic (exact) mass is 278 g/mol. The topological polar surface area (TPSA) is 102 Å². The molecule has 0 saturated carbocycles. The largest absolute Gasteiger partial charge is 0.327 e. The zero-order valence-electron chi connectivity index (χ0n) is 11.1. The van der Waals surface area contributed by atoms with Crippen molar-refractivity contribution in [2.75, 3.05) is 25.0 Å². The molecule has 1 aromatic carbocycles. The van der Waals surface area contributed by atoms with Crippen molar-refractivity contribution in [2.24, 2.45) is 5.73 Å². The molecule has 0 aromatic heterocycles. The fraction of sp³-hybridized carbons (Fsp3) is 0.462. The number of nitrogens with one attached hydrogen (secondary N) is 1. The quantitative estimate of drug-likeness (QED) is 0.631. The second kappa shape index (κ2) is 6.44. The van der Waals surface area contributed by atoms with Crippen LogP contribution in [-0.4, -0.2) is 41.4 Å². The van der Waals surface area contributed by atoms with Crippen LogP contribution in [0.4, 0.5) is 11.4 Å². The molecule has 1 aliphatic rings. The van der Waals surface area contributed by atoms with Gasteiger partial charge in [-0.3, -0.25) is 19.8 Å². The lowest BCUT2D eigenvalue weighted by Crippen LogP contribution is -2.45. The Morgan fingerprint density at radius 2 is 2.15 bits per heavy atom. The number of amides is 1. The molecule has 108 valence electrons. The SMILES string of the molecule is N[C@@H]1CCCN(CC(=O)Nc2ccc([N+](=O)[O-])cc2)C1. The van der Waals surface area contributed by atoms with Gasteiger partial charge in [0.05, 0.1) is 11.5 Å². The van der Waals surface area contributed by atoms with E-state index >= 15 is 0 Å². The molecule has 1 aromatic rings. The number of likely N-dealkylation sites (tertiary alicyclic amines) is 1. The number of carbonyl (C=O) groups excluding carboxylic acids is 1. The number of piperidine rings is 1. The van der Waals surface area contributed by atoms with Crippen molar-refractivity contribution in [1.82, 2.24) is 4.90 Å². The summed E-state index contributed by atoms with van der Waals surface area (Å²) in [7, 11) is 0. The first-order valence-corrected chi connectivity index (χ1v) is 6.57. The second-order valence-electron chi connectivity index (χ2n) is 4.99. The van der Waals surface area contributed by atoms with Crippen LogP contribution in [0.3, 0.4) is 0 Å². The summed E-state index contributed by atoms with van der Waals surface area (Å²) < 4.78 is 0. The van der Waals surface area contributed by atoms with E-state index in [1.807, 2.05) is 4.90 Å². The molecule has 1 amide bonds. The van der Waals surface area contributed by atoms with E-state index in [0.717, 1.165) is 25.9 Å². The van der Waals surface area contributed by atoms with E-state index in [-0.39, 0.29) is 17.6 Å². The Morgan fingerprint density at radius 1 is 1.45 bits per heavy atom. The molecule has 2 rings (SSSR count). The first-order chi connectivity index (χ1) is 9.54. The van der Waals surface area contributed by atoms with E-state index in [2.05, 4.69) is 5.32 Å². The molecule has 3 N–H and O–H groups in total. The van der Waals surface area contributed by atoms with Gasteiger partial charge in [-0.25, -0.2) is 0 Å². The predicted molar refractivity (Wildman–Crippen MR) is 75.4 cm³/mol. The summed E-state index contributed by atoms with van der Waals surface area (Å²) in [5.41, 5.74) is 6.42. The van der Waals surface area contributed by atoms with Crippen LogP contribution in [0, 0.1) is 10.1 Å². The van der Waals surface area contributed by atoms with Gasteiger partial charge in [0.15, 0.2) is 0 Å². The minimum atomic E-state index is -0.472. The minimum absolute atomic E-state index is 0.00463. The number of hydrogen-bond acceptors (Lipinski definition) is 5. The van der Waals surface area contributed by atoms with Crippen LogP contribution in [0.1, 0.15) is 12.8 Å². The second-order valence-corrected chi connectivity index (χ2v) is 4.99. The number of anilines is 1. The lowest BCUT2D eigenvalue weighted by Gasteiger charge is -2.29. The molecular formula is C13H18N4O3. The smallest absolute Gasteiger partial charge is 0.269 e. The van der Waals surface area contributed by atoms with Crippen molar-refractivity contribution in [3.63, 3.8) is 0 Å². The summed E-state index contributed by atoms with van der Waals surface area (Å²) in [6.45, 7) is 1.90. The third-order valence-electron chi connectivity index (χ3n) is 3.27. The Hall–Kier alpha value is -1.99. The van der Waals surface area contributed by atoms with Crippen LogP contribution in [0.15, 0.2) is 24.3 Å². The molecule has 0 radical (unpaired) electrons. The molecule has 0 aliphatic carbocycles. The highest BCUT2D eigenvalue weighted by atomic mass is 16.6. The van der Waals surface area contributed by atoms with E-state index in [1.54, 1.807) is 0 Å². The highest BCUT2D eigenvalue weighted by molar-refractivity contribution is 5.92. The van der Waals surface area contributed by atoms with Crippen LogP contribution >= 0.6 is 0 Å². The molecule has 1 aliphatic heterocycles. The van der Waals surface area contributed by atoms with Crippen molar-refractivity contribution < 1.29 is 9.72 Å². The lowest BCUT2D eigenvalue weighted by atomic mass is 10.1. The Morgan fingerprint density at radius 3 is 2.75 bits per heavy atom. The van der Waals surface area contributed by atoms with Crippen molar-refractivity contribution in [1.29, 1.82) is 0 Å². The Kier molecular flexibility index (Phi) is 4.65. The highest BCUT2D eigenvalue weighted by Gasteiger charge is 2.18. The summed E-state index contributed by atoms with van der Waals surface area (Å²) in [4.78, 5) is 24.0. The summed E-state index contributed by atoms with van der Waals surface area (Å²) >= 11 is 0. The maximum atomic E-state index is 11.9. The van der Waals surface area contributed by atoms with Gasteiger partial charge in [-0.05, 0) is 31.5 Å². The summed E-state index contributed by atoms with van der Waals surface area (Å²) in [6.07, 6.45) is 2.01. The van der Waals surface area contributed by atoms with Gasteiger partial charge in [0, 0.05) is 30.4 Å². The van der Waals surface area contributed by atoms with Crippen LogP contribution in [0.5, 0.6) is 0 Å². The predicted octanol–water partition coefficient (Wildman–Crippen LogP) is 0.956. The number of nitro groups is 1. The average Bonchev–Trinajstić information content (AvgIpc) is 2.39.